The fourth-order valence-electron chi connectivity index (χ4n) is 5.58. The van der Waals surface area contributed by atoms with Gasteiger partial charge < -0.3 is 9.80 Å². The molecule has 8 heteroatoms. The van der Waals surface area contributed by atoms with E-state index in [1.54, 1.807) is 22.2 Å². The summed E-state index contributed by atoms with van der Waals surface area (Å²) in [6, 6.07) is 0. The third-order valence-corrected chi connectivity index (χ3v) is 7.53. The van der Waals surface area contributed by atoms with Crippen LogP contribution in [0.4, 0.5) is 0 Å². The van der Waals surface area contributed by atoms with Gasteiger partial charge in [0.05, 0.1) is 0 Å². The van der Waals surface area contributed by atoms with Crippen LogP contribution in [0.2, 0.25) is 0 Å². The van der Waals surface area contributed by atoms with E-state index in [0.717, 1.165) is 58.0 Å². The lowest BCUT2D eigenvalue weighted by Gasteiger charge is -2.47. The number of fused-ring (bicyclic) bond motifs is 3. The number of piperidine rings is 2. The van der Waals surface area contributed by atoms with Crippen molar-refractivity contribution in [2.45, 2.75) is 64.0 Å². The third kappa shape index (κ3) is 5.57. The van der Waals surface area contributed by atoms with Crippen molar-refractivity contribution < 1.29 is 19.2 Å². The third-order valence-electron chi connectivity index (χ3n) is 7.53. The molecule has 0 aromatic heterocycles. The molecule has 0 aromatic carbocycles. The maximum Gasteiger partial charge on any atom is 0.240 e. The molecule has 5 rings (SSSR count). The molecule has 8 nitrogen and oxygen atoms in total. The van der Waals surface area contributed by atoms with Crippen molar-refractivity contribution in [3.63, 3.8) is 0 Å². The van der Waals surface area contributed by atoms with E-state index in [-0.39, 0.29) is 41.6 Å². The average molecular weight is 483 g/mol. The second-order valence-electron chi connectivity index (χ2n) is 9.52. The summed E-state index contributed by atoms with van der Waals surface area (Å²) in [6.07, 6.45) is 14.1. The Kier molecular flexibility index (Phi) is 9.07. The van der Waals surface area contributed by atoms with E-state index in [0.29, 0.717) is 12.8 Å². The molecule has 0 N–H and O–H groups in total. The zero-order valence-electron chi connectivity index (χ0n) is 20.6. The first-order valence-corrected chi connectivity index (χ1v) is 12.6. The van der Waals surface area contributed by atoms with Gasteiger partial charge in [0.25, 0.3) is 0 Å². The van der Waals surface area contributed by atoms with Gasteiger partial charge >= 0.3 is 0 Å². The summed E-state index contributed by atoms with van der Waals surface area (Å²) >= 11 is 0. The molecular weight excluding hydrogens is 444 g/mol. The number of hydrogen-bond donors (Lipinski definition) is 0. The van der Waals surface area contributed by atoms with Crippen LogP contribution in [0.15, 0.2) is 51.1 Å². The van der Waals surface area contributed by atoms with Crippen LogP contribution in [0.1, 0.15) is 57.8 Å². The van der Waals surface area contributed by atoms with Gasteiger partial charge in [0.1, 0.15) is 12.1 Å². The second kappa shape index (κ2) is 12.0. The van der Waals surface area contributed by atoms with E-state index >= 15 is 0 Å². The Labute approximate surface area is 208 Å². The van der Waals surface area contributed by atoms with Crippen LogP contribution < -0.4 is 0 Å². The molecular formula is C27H38N4O4. The molecule has 0 aromatic rings. The molecule has 4 amide bonds. The van der Waals surface area contributed by atoms with E-state index in [1.807, 2.05) is 0 Å². The molecule has 0 spiro atoms. The summed E-state index contributed by atoms with van der Waals surface area (Å²) in [6.45, 7) is 16.1. The van der Waals surface area contributed by atoms with Crippen LogP contribution in [0.3, 0.4) is 0 Å². The standard InChI is InChI=1S/C17H26N2O2.C10H12N2O2/c1-3-18-11-7-5-9-14(16(18)20)13-15-10-6-8-12-19(4-2)17(15)21;1-3-11-8-6-5-7(9(11)13)10(14)12(8)4-2/h3-4,14-15H,1-2,5-13H2;3-4,7-8H,1-2,5-6H2. The van der Waals surface area contributed by atoms with Crippen LogP contribution in [0.25, 0.3) is 0 Å². The number of carbonyl (C=O) groups excluding carboxylic acids is 4. The van der Waals surface area contributed by atoms with Gasteiger partial charge in [0.2, 0.25) is 23.6 Å². The van der Waals surface area contributed by atoms with E-state index < -0.39 is 5.92 Å². The minimum absolute atomic E-state index is 0.0378. The maximum atomic E-state index is 12.5. The normalized spacial score (nSPS) is 29.1. The van der Waals surface area contributed by atoms with Crippen molar-refractivity contribution >= 4 is 23.6 Å². The molecule has 35 heavy (non-hydrogen) atoms. The van der Waals surface area contributed by atoms with Crippen molar-refractivity contribution in [1.82, 2.24) is 19.6 Å². The summed E-state index contributed by atoms with van der Waals surface area (Å²) in [5.41, 5.74) is 0. The lowest BCUT2D eigenvalue weighted by Crippen LogP contribution is -2.63. The zero-order chi connectivity index (χ0) is 25.5. The van der Waals surface area contributed by atoms with Crippen LogP contribution in [0, 0.1) is 17.8 Å². The largest absolute Gasteiger partial charge is 0.319 e. The number of likely N-dealkylation sites (tertiary alicyclic amines) is 2. The highest BCUT2D eigenvalue weighted by molar-refractivity contribution is 6.04. The summed E-state index contributed by atoms with van der Waals surface area (Å²) in [4.78, 5) is 54.8. The molecule has 190 valence electrons. The van der Waals surface area contributed by atoms with Crippen LogP contribution in [0.5, 0.6) is 0 Å². The topological polar surface area (TPSA) is 81.2 Å². The lowest BCUT2D eigenvalue weighted by atomic mass is 9.87. The lowest BCUT2D eigenvalue weighted by molar-refractivity contribution is -0.165. The van der Waals surface area contributed by atoms with Crippen molar-refractivity contribution in [2.24, 2.45) is 17.8 Å². The number of hydrogen-bond acceptors (Lipinski definition) is 4. The first-order chi connectivity index (χ1) is 16.9. The Morgan fingerprint density at radius 3 is 1.46 bits per heavy atom. The van der Waals surface area contributed by atoms with E-state index in [1.165, 1.54) is 22.2 Å². The van der Waals surface area contributed by atoms with Crippen molar-refractivity contribution in [2.75, 3.05) is 13.1 Å². The molecule has 5 saturated heterocycles. The predicted molar refractivity (Wildman–Crippen MR) is 134 cm³/mol. The Balaban J connectivity index is 0.000000211. The van der Waals surface area contributed by atoms with Gasteiger partial charge in [0, 0.05) is 37.3 Å². The van der Waals surface area contributed by atoms with Gasteiger partial charge in [0.15, 0.2) is 0 Å². The van der Waals surface area contributed by atoms with Gasteiger partial charge in [-0.3, -0.25) is 29.0 Å². The summed E-state index contributed by atoms with van der Waals surface area (Å²) < 4.78 is 0. The van der Waals surface area contributed by atoms with Gasteiger partial charge in [-0.05, 0) is 57.3 Å². The molecule has 2 atom stereocenters. The summed E-state index contributed by atoms with van der Waals surface area (Å²) in [5, 5.41) is 0. The SMILES string of the molecule is C=CN1C(=O)C2CCC1N(C=C)C2=O.C=CN1CCCCC(CC2CCCCN(C=C)C2=O)C1=O. The van der Waals surface area contributed by atoms with Crippen molar-refractivity contribution in [3.05, 3.63) is 51.1 Å². The molecule has 5 aliphatic rings. The Bertz CT molecular complexity index is 810. The minimum Gasteiger partial charge on any atom is -0.319 e. The highest BCUT2D eigenvalue weighted by Gasteiger charge is 2.48. The van der Waals surface area contributed by atoms with Crippen LogP contribution in [-0.4, -0.2) is 62.5 Å². The molecule has 5 aliphatic heterocycles. The highest BCUT2D eigenvalue weighted by Crippen LogP contribution is 2.34. The molecule has 2 bridgehead atoms. The smallest absolute Gasteiger partial charge is 0.240 e. The van der Waals surface area contributed by atoms with Crippen molar-refractivity contribution in [3.8, 4) is 0 Å². The Hall–Kier alpha value is -3.16. The summed E-state index contributed by atoms with van der Waals surface area (Å²) in [7, 11) is 0. The Morgan fingerprint density at radius 2 is 1.06 bits per heavy atom. The fraction of sp³-hybridized carbons (Fsp3) is 0.556. The van der Waals surface area contributed by atoms with Gasteiger partial charge in [-0.15, -0.1) is 0 Å². The van der Waals surface area contributed by atoms with Gasteiger partial charge in [-0.25, -0.2) is 0 Å². The molecule has 0 radical (unpaired) electrons. The minimum atomic E-state index is -0.518. The van der Waals surface area contributed by atoms with Gasteiger partial charge in [-0.2, -0.15) is 0 Å². The molecule has 5 heterocycles. The summed E-state index contributed by atoms with van der Waals surface area (Å²) in [5.74, 6) is -0.558. The van der Waals surface area contributed by atoms with E-state index in [9.17, 15) is 19.2 Å². The van der Waals surface area contributed by atoms with E-state index in [4.69, 9.17) is 0 Å². The average Bonchev–Trinajstić information content (AvgIpc) is 3.15. The molecule has 5 fully saturated rings. The van der Waals surface area contributed by atoms with Crippen LogP contribution in [-0.2, 0) is 19.2 Å². The fourth-order valence-corrected chi connectivity index (χ4v) is 5.58. The maximum absolute atomic E-state index is 12.5. The van der Waals surface area contributed by atoms with E-state index in [2.05, 4.69) is 26.3 Å². The second-order valence-corrected chi connectivity index (χ2v) is 9.52. The quantitative estimate of drug-likeness (QED) is 0.542. The number of amides is 4. The monoisotopic (exact) mass is 482 g/mol. The molecule has 2 unspecified atom stereocenters. The zero-order valence-corrected chi connectivity index (χ0v) is 20.6. The molecule has 0 aliphatic carbocycles. The number of rotatable bonds is 6. The first kappa shape index (κ1) is 26.4. The number of nitrogens with zero attached hydrogens (tertiary/aromatic N) is 4. The number of carbonyl (C=O) groups is 4. The molecule has 0 saturated carbocycles. The first-order valence-electron chi connectivity index (χ1n) is 12.6. The van der Waals surface area contributed by atoms with Gasteiger partial charge in [-0.1, -0.05) is 39.2 Å². The highest BCUT2D eigenvalue weighted by atomic mass is 16.2. The Morgan fingerprint density at radius 1 is 0.600 bits per heavy atom. The predicted octanol–water partition coefficient (Wildman–Crippen LogP) is 3.60. The van der Waals surface area contributed by atoms with Crippen LogP contribution >= 0.6 is 0 Å². The van der Waals surface area contributed by atoms with Crippen molar-refractivity contribution in [1.29, 1.82) is 0 Å².